The van der Waals surface area contributed by atoms with E-state index in [1.165, 1.54) is 24.3 Å². The number of aliphatic hydroxyl groups excluding tert-OH is 5. The fourth-order valence-corrected chi connectivity index (χ4v) is 5.26. The van der Waals surface area contributed by atoms with E-state index in [2.05, 4.69) is 0 Å². The first kappa shape index (κ1) is 29.7. The molecule has 2 heterocycles. The van der Waals surface area contributed by atoms with Crippen LogP contribution >= 0.6 is 0 Å². The third-order valence-corrected chi connectivity index (χ3v) is 7.45. The van der Waals surface area contributed by atoms with E-state index >= 15 is 0 Å². The molecule has 2 fully saturated rings. The molecular formula is C26H32O14. The first-order valence-corrected chi connectivity index (χ1v) is 12.5. The number of carbonyl (C=O) groups excluding carboxylic acids is 2. The zero-order chi connectivity index (χ0) is 29.3. The van der Waals surface area contributed by atoms with Crippen LogP contribution in [0, 0.1) is 17.8 Å². The summed E-state index contributed by atoms with van der Waals surface area (Å²) in [4.78, 5) is 25.3. The lowest BCUT2D eigenvalue weighted by Gasteiger charge is -2.43. The van der Waals surface area contributed by atoms with Crippen molar-refractivity contribution in [3.63, 3.8) is 0 Å². The molecule has 0 unspecified atom stereocenters. The van der Waals surface area contributed by atoms with E-state index in [1.807, 2.05) is 0 Å². The van der Waals surface area contributed by atoms with Gasteiger partial charge in [0.2, 0.25) is 6.29 Å². The number of hydrogen-bond acceptors (Lipinski definition) is 14. The van der Waals surface area contributed by atoms with Crippen LogP contribution in [-0.4, -0.2) is 111 Å². The Bertz CT molecular complexity index is 1150. The van der Waals surface area contributed by atoms with Gasteiger partial charge in [-0.25, -0.2) is 9.59 Å². The maximum Gasteiger partial charge on any atom is 0.337 e. The van der Waals surface area contributed by atoms with E-state index in [-0.39, 0.29) is 17.1 Å². The summed E-state index contributed by atoms with van der Waals surface area (Å²) in [6, 6.07) is 3.90. The molecule has 0 bridgehead atoms. The summed E-state index contributed by atoms with van der Waals surface area (Å²) in [5.74, 6) is -4.96. The molecular weight excluding hydrogens is 536 g/mol. The van der Waals surface area contributed by atoms with Crippen molar-refractivity contribution >= 4 is 18.0 Å². The number of ether oxygens (including phenoxy) is 5. The van der Waals surface area contributed by atoms with Gasteiger partial charge >= 0.3 is 11.9 Å². The van der Waals surface area contributed by atoms with Gasteiger partial charge in [-0.3, -0.25) is 0 Å². The Hall–Kier alpha value is -3.24. The summed E-state index contributed by atoms with van der Waals surface area (Å²) >= 11 is 0. The molecule has 4 rings (SSSR count). The number of benzene rings is 1. The molecule has 14 nitrogen and oxygen atoms in total. The number of hydrogen-bond donors (Lipinski definition) is 7. The SMILES string of the molecule is COC(=O)C1=CO[C@@H](O[C@@H]2O[C@H](CO)[C@@H](O)[C@H](O)[C@H]2O)[C@@H]2[C@H](C)[C@@H](O)[C@@H](OC(=O)/C=C/c3ccc(O)c(O)c3)[C@H]12. The molecule has 1 saturated carbocycles. The number of aromatic hydroxyl groups is 2. The second-order valence-electron chi connectivity index (χ2n) is 9.84. The van der Waals surface area contributed by atoms with E-state index in [0.717, 1.165) is 19.4 Å². The van der Waals surface area contributed by atoms with Crippen molar-refractivity contribution < 1.29 is 69.0 Å². The molecule has 0 radical (unpaired) electrons. The van der Waals surface area contributed by atoms with Crippen LogP contribution in [-0.2, 0) is 33.3 Å². The van der Waals surface area contributed by atoms with E-state index < -0.39 is 85.5 Å². The maximum atomic E-state index is 12.7. The van der Waals surface area contributed by atoms with Gasteiger partial charge in [0.1, 0.15) is 30.5 Å². The Morgan fingerprint density at radius 3 is 2.38 bits per heavy atom. The second-order valence-corrected chi connectivity index (χ2v) is 9.84. The Morgan fingerprint density at radius 1 is 1.00 bits per heavy atom. The largest absolute Gasteiger partial charge is 0.504 e. The molecule has 1 aromatic rings. The molecule has 40 heavy (non-hydrogen) atoms. The smallest absolute Gasteiger partial charge is 0.337 e. The van der Waals surface area contributed by atoms with Crippen molar-refractivity contribution in [2.75, 3.05) is 13.7 Å². The van der Waals surface area contributed by atoms with Crippen molar-refractivity contribution in [2.45, 2.75) is 56.1 Å². The van der Waals surface area contributed by atoms with Gasteiger partial charge < -0.3 is 59.4 Å². The Balaban J connectivity index is 1.57. The first-order chi connectivity index (χ1) is 19.0. The van der Waals surface area contributed by atoms with Crippen molar-refractivity contribution in [1.82, 2.24) is 0 Å². The molecule has 220 valence electrons. The number of phenols is 2. The highest BCUT2D eigenvalue weighted by Gasteiger charge is 2.59. The third-order valence-electron chi connectivity index (χ3n) is 7.45. The van der Waals surface area contributed by atoms with Crippen LogP contribution in [0.2, 0.25) is 0 Å². The Kier molecular flexibility index (Phi) is 8.99. The van der Waals surface area contributed by atoms with Gasteiger partial charge in [0.15, 0.2) is 17.8 Å². The highest BCUT2D eigenvalue weighted by molar-refractivity contribution is 5.90. The molecule has 1 aliphatic carbocycles. The van der Waals surface area contributed by atoms with Crippen LogP contribution < -0.4 is 0 Å². The Morgan fingerprint density at radius 2 is 1.73 bits per heavy atom. The Labute approximate surface area is 228 Å². The van der Waals surface area contributed by atoms with E-state index in [4.69, 9.17) is 23.7 Å². The van der Waals surface area contributed by atoms with Gasteiger partial charge in [0.25, 0.3) is 0 Å². The van der Waals surface area contributed by atoms with Crippen LogP contribution in [0.3, 0.4) is 0 Å². The van der Waals surface area contributed by atoms with Gasteiger partial charge in [0, 0.05) is 17.9 Å². The summed E-state index contributed by atoms with van der Waals surface area (Å²) in [6.07, 6.45) is -8.33. The van der Waals surface area contributed by atoms with Crippen molar-refractivity contribution in [3.05, 3.63) is 41.7 Å². The summed E-state index contributed by atoms with van der Waals surface area (Å²) in [7, 11) is 1.14. The minimum Gasteiger partial charge on any atom is -0.504 e. The van der Waals surface area contributed by atoms with E-state index in [9.17, 15) is 45.3 Å². The number of aliphatic hydroxyl groups is 5. The van der Waals surface area contributed by atoms with Gasteiger partial charge in [-0.2, -0.15) is 0 Å². The van der Waals surface area contributed by atoms with Crippen molar-refractivity contribution in [3.8, 4) is 11.5 Å². The fraction of sp³-hybridized carbons (Fsp3) is 0.538. The molecule has 1 aromatic carbocycles. The average Bonchev–Trinajstić information content (AvgIpc) is 3.19. The lowest BCUT2D eigenvalue weighted by atomic mass is 9.82. The summed E-state index contributed by atoms with van der Waals surface area (Å²) in [5, 5.41) is 70.2. The topological polar surface area (TPSA) is 222 Å². The summed E-state index contributed by atoms with van der Waals surface area (Å²) in [6.45, 7) is 0.928. The predicted octanol–water partition coefficient (Wildman–Crippen LogP) is -1.50. The van der Waals surface area contributed by atoms with Gasteiger partial charge in [-0.15, -0.1) is 0 Å². The molecule has 2 aliphatic heterocycles. The van der Waals surface area contributed by atoms with E-state index in [1.54, 1.807) is 6.92 Å². The number of methoxy groups -OCH3 is 1. The molecule has 0 amide bonds. The predicted molar refractivity (Wildman–Crippen MR) is 131 cm³/mol. The van der Waals surface area contributed by atoms with Crippen molar-refractivity contribution in [1.29, 1.82) is 0 Å². The number of carbonyl (C=O) groups is 2. The minimum atomic E-state index is -1.73. The highest BCUT2D eigenvalue weighted by atomic mass is 16.8. The van der Waals surface area contributed by atoms with Gasteiger partial charge in [0.05, 0.1) is 31.7 Å². The lowest BCUT2D eigenvalue weighted by molar-refractivity contribution is -0.343. The van der Waals surface area contributed by atoms with Crippen molar-refractivity contribution in [2.24, 2.45) is 17.8 Å². The monoisotopic (exact) mass is 568 g/mol. The molecule has 1 saturated heterocycles. The summed E-state index contributed by atoms with van der Waals surface area (Å²) in [5.41, 5.74) is 0.328. The zero-order valence-corrected chi connectivity index (χ0v) is 21.5. The highest BCUT2D eigenvalue weighted by Crippen LogP contribution is 2.49. The van der Waals surface area contributed by atoms with Crippen LogP contribution in [0.1, 0.15) is 12.5 Å². The molecule has 0 spiro atoms. The number of fused-ring (bicyclic) bond motifs is 1. The van der Waals surface area contributed by atoms with Crippen LogP contribution in [0.5, 0.6) is 11.5 Å². The third kappa shape index (κ3) is 5.65. The normalized spacial score (nSPS) is 37.4. The summed E-state index contributed by atoms with van der Waals surface area (Å²) < 4.78 is 27.2. The van der Waals surface area contributed by atoms with Gasteiger partial charge in [-0.1, -0.05) is 13.0 Å². The quantitative estimate of drug-likeness (QED) is 0.113. The fourth-order valence-electron chi connectivity index (χ4n) is 5.26. The van der Waals surface area contributed by atoms with E-state index in [0.29, 0.717) is 5.56 Å². The average molecular weight is 569 g/mol. The number of rotatable bonds is 7. The molecule has 7 N–H and O–H groups in total. The molecule has 3 aliphatic rings. The molecule has 11 atom stereocenters. The van der Waals surface area contributed by atoms with Gasteiger partial charge in [-0.05, 0) is 29.7 Å². The maximum absolute atomic E-state index is 12.7. The molecule has 14 heteroatoms. The van der Waals surface area contributed by atoms with Crippen LogP contribution in [0.15, 0.2) is 36.1 Å². The number of phenolic OH excluding ortho intramolecular Hbond substituents is 2. The first-order valence-electron chi connectivity index (χ1n) is 12.5. The standard InChI is InChI=1S/C26H32O14/c1-10-17-18(23(19(10)31)39-16(30)6-4-11-3-5-13(28)14(29)7-11)12(24(35)36-2)9-37-25(17)40-26-22(34)21(33)20(32)15(8-27)38-26/h3-7,9-10,15,17-23,25-29,31-34H,8H2,1-2H3/b6-4+/t10-,15+,17+,18+,19+,20+,21-,22+,23-,25-,26-/m0/s1. The van der Waals surface area contributed by atoms with Crippen LogP contribution in [0.25, 0.3) is 6.08 Å². The minimum absolute atomic E-state index is 0.0465. The zero-order valence-electron chi connectivity index (χ0n) is 21.5. The second kappa shape index (κ2) is 12.1. The number of esters is 2. The van der Waals surface area contributed by atoms with Crippen LogP contribution in [0.4, 0.5) is 0 Å². The lowest BCUT2D eigenvalue weighted by Crippen LogP contribution is -2.60. The molecule has 0 aromatic heterocycles.